The van der Waals surface area contributed by atoms with Crippen molar-refractivity contribution in [1.29, 1.82) is 0 Å². The van der Waals surface area contributed by atoms with Crippen LogP contribution in [0.15, 0.2) is 66.7 Å². The van der Waals surface area contributed by atoms with Crippen molar-refractivity contribution < 1.29 is 38.2 Å². The van der Waals surface area contributed by atoms with Gasteiger partial charge in [0.05, 0.1) is 49.8 Å². The largest absolute Gasteiger partial charge is 0.467 e. The van der Waals surface area contributed by atoms with Crippen molar-refractivity contribution >= 4 is 35.3 Å². The normalized spacial score (nSPS) is 17.5. The maximum absolute atomic E-state index is 14.5. The summed E-state index contributed by atoms with van der Waals surface area (Å²) in [6, 6.07) is 13.7. The van der Waals surface area contributed by atoms with Gasteiger partial charge in [0.2, 0.25) is 23.6 Å². The number of nitrogens with two attached hydrogens (primary N) is 1. The first kappa shape index (κ1) is 51.6. The van der Waals surface area contributed by atoms with Gasteiger partial charge < -0.3 is 40.4 Å². The minimum atomic E-state index is -0.908. The predicted molar refractivity (Wildman–Crippen MR) is 243 cm³/mol. The third-order valence-electron chi connectivity index (χ3n) is 12.3. The second-order valence-electron chi connectivity index (χ2n) is 17.3. The van der Waals surface area contributed by atoms with Crippen LogP contribution in [0.4, 0.5) is 5.69 Å². The van der Waals surface area contributed by atoms with Gasteiger partial charge in [-0.3, -0.25) is 24.1 Å². The minimum Gasteiger partial charge on any atom is -0.467 e. The fraction of sp³-hybridized carbons (Fsp3) is 0.604. The van der Waals surface area contributed by atoms with Crippen LogP contribution in [-0.2, 0) is 51.0 Å². The Morgan fingerprint density at radius 2 is 1.50 bits per heavy atom. The predicted octanol–water partition coefficient (Wildman–Crippen LogP) is 4.65. The zero-order valence-electron chi connectivity index (χ0n) is 39.0. The van der Waals surface area contributed by atoms with E-state index in [1.54, 1.807) is 23.8 Å². The maximum Gasteiger partial charge on any atom is 0.328 e. The second-order valence-corrected chi connectivity index (χ2v) is 17.3. The van der Waals surface area contributed by atoms with Crippen molar-refractivity contribution in [2.75, 3.05) is 54.2 Å². The van der Waals surface area contributed by atoms with Gasteiger partial charge in [0.15, 0.2) is 0 Å². The molecule has 0 radical (unpaired) electrons. The number of carbonyl (C=O) groups is 5. The topological polar surface area (TPSA) is 173 Å². The number of nitrogens with zero attached hydrogens (tertiary/aromatic N) is 3. The maximum atomic E-state index is 14.5. The minimum absolute atomic E-state index is 0.0375. The first-order valence-corrected chi connectivity index (χ1v) is 22.0. The summed E-state index contributed by atoms with van der Waals surface area (Å²) in [4.78, 5) is 74.7. The number of anilines is 1. The van der Waals surface area contributed by atoms with E-state index < -0.39 is 60.2 Å². The van der Waals surface area contributed by atoms with E-state index in [1.807, 2.05) is 101 Å². The second kappa shape index (κ2) is 24.7. The zero-order chi connectivity index (χ0) is 46.3. The molecule has 1 heterocycles. The molecular weight excluding hydrogens is 789 g/mol. The number of likely N-dealkylation sites (N-methyl/N-ethyl adjacent to an activating group) is 2. The Bertz CT molecular complexity index is 1770. The quantitative estimate of drug-likeness (QED) is 0.0767. The molecule has 4 N–H and O–H groups in total. The number of nitrogens with one attached hydrogen (secondary N) is 2. The molecule has 0 aromatic heterocycles. The molecule has 344 valence electrons. The number of hydrogen-bond donors (Lipinski definition) is 3. The van der Waals surface area contributed by atoms with E-state index in [2.05, 4.69) is 17.2 Å². The van der Waals surface area contributed by atoms with Gasteiger partial charge in [-0.05, 0) is 67.8 Å². The van der Waals surface area contributed by atoms with Gasteiger partial charge in [-0.2, -0.15) is 0 Å². The number of benzene rings is 2. The molecule has 14 heteroatoms. The summed E-state index contributed by atoms with van der Waals surface area (Å²) in [5.74, 6) is -2.74. The van der Waals surface area contributed by atoms with Crippen LogP contribution in [-0.4, -0.2) is 135 Å². The Balaban J connectivity index is 1.77. The van der Waals surface area contributed by atoms with Gasteiger partial charge in [0, 0.05) is 46.5 Å². The summed E-state index contributed by atoms with van der Waals surface area (Å²) < 4.78 is 17.0. The highest BCUT2D eigenvalue weighted by molar-refractivity contribution is 5.90. The first-order valence-electron chi connectivity index (χ1n) is 22.0. The lowest BCUT2D eigenvalue weighted by molar-refractivity contribution is -0.147. The molecule has 1 aliphatic heterocycles. The molecule has 0 unspecified atom stereocenters. The van der Waals surface area contributed by atoms with E-state index in [4.69, 9.17) is 19.9 Å². The SMILES string of the molecule is C=C(CC)[C@@H]([C@@H](CC(=O)N1CCC[C@H]1[C@H](OC)[C@@H](C)C(=O)N[C@@H](Cc1ccccc1)C(=O)OC)OC)N(C)C(=O)[C@@H](NC(=O)[C@H](C(C)C)N(C)CCc1ccc(N)cc1)C(C)C. The number of hydrogen-bond acceptors (Lipinski definition) is 10. The van der Waals surface area contributed by atoms with E-state index in [9.17, 15) is 24.0 Å². The number of esters is 1. The molecule has 0 saturated carbocycles. The number of methoxy groups -OCH3 is 3. The van der Waals surface area contributed by atoms with Crippen molar-refractivity contribution in [3.05, 3.63) is 77.9 Å². The molecule has 1 saturated heterocycles. The summed E-state index contributed by atoms with van der Waals surface area (Å²) in [6.07, 6.45) is 1.30. The van der Waals surface area contributed by atoms with Crippen LogP contribution in [0.25, 0.3) is 0 Å². The van der Waals surface area contributed by atoms with Gasteiger partial charge in [-0.15, -0.1) is 0 Å². The van der Waals surface area contributed by atoms with E-state index in [-0.39, 0.29) is 42.4 Å². The van der Waals surface area contributed by atoms with E-state index in [0.717, 1.165) is 17.5 Å². The molecule has 14 nitrogen and oxygen atoms in total. The lowest BCUT2D eigenvalue weighted by Crippen LogP contribution is -2.59. The number of likely N-dealkylation sites (tertiary alicyclic amines) is 1. The number of amides is 4. The highest BCUT2D eigenvalue weighted by Gasteiger charge is 2.43. The number of rotatable bonds is 24. The highest BCUT2D eigenvalue weighted by Crippen LogP contribution is 2.29. The summed E-state index contributed by atoms with van der Waals surface area (Å²) in [6.45, 7) is 16.8. The lowest BCUT2D eigenvalue weighted by atomic mass is 9.92. The van der Waals surface area contributed by atoms with Crippen molar-refractivity contribution in [3.63, 3.8) is 0 Å². The van der Waals surface area contributed by atoms with Crippen LogP contribution in [0.2, 0.25) is 0 Å². The van der Waals surface area contributed by atoms with E-state index in [0.29, 0.717) is 43.6 Å². The zero-order valence-corrected chi connectivity index (χ0v) is 39.0. The fourth-order valence-corrected chi connectivity index (χ4v) is 8.63. The van der Waals surface area contributed by atoms with Crippen LogP contribution in [0.3, 0.4) is 0 Å². The van der Waals surface area contributed by atoms with E-state index >= 15 is 0 Å². The molecule has 1 fully saturated rings. The van der Waals surface area contributed by atoms with Crippen molar-refractivity contribution in [2.45, 2.75) is 122 Å². The molecule has 0 spiro atoms. The van der Waals surface area contributed by atoms with Gasteiger partial charge in [-0.25, -0.2) is 4.79 Å². The smallest absolute Gasteiger partial charge is 0.328 e. The number of ether oxygens (including phenoxy) is 3. The molecule has 0 bridgehead atoms. The third kappa shape index (κ3) is 13.9. The monoisotopic (exact) mass is 863 g/mol. The standard InChI is InChI=1S/C48H74N6O8/c1-13-32(6)43(53(9)47(58)41(30(2)3)51-46(57)42(31(4)5)52(8)27-25-34-21-23-36(49)24-22-34)39(60-10)29-40(55)54-26-17-20-38(54)44(61-11)33(7)45(56)50-37(48(59)62-12)28-35-18-15-14-16-19-35/h14-16,18-19,21-24,30-31,33,37-39,41-44H,6,13,17,20,25-29,49H2,1-5,7-12H3,(H,50,56)(H,51,57)/t33-,37+,38+,39-,41+,42+,43+,44-/m1/s1. The lowest BCUT2D eigenvalue weighted by Gasteiger charge is -2.39. The highest BCUT2D eigenvalue weighted by atomic mass is 16.5. The van der Waals surface area contributed by atoms with Crippen LogP contribution in [0.5, 0.6) is 0 Å². The third-order valence-corrected chi connectivity index (χ3v) is 12.3. The molecular formula is C48H74N6O8. The van der Waals surface area contributed by atoms with Crippen LogP contribution < -0.4 is 16.4 Å². The van der Waals surface area contributed by atoms with E-state index in [1.165, 1.54) is 21.3 Å². The first-order chi connectivity index (χ1) is 29.4. The molecule has 3 rings (SSSR count). The molecule has 2 aromatic carbocycles. The summed E-state index contributed by atoms with van der Waals surface area (Å²) in [5, 5.41) is 5.95. The van der Waals surface area contributed by atoms with Gasteiger partial charge in [-0.1, -0.05) is 96.2 Å². The Kier molecular flexibility index (Phi) is 20.6. The van der Waals surface area contributed by atoms with Crippen LogP contribution in [0, 0.1) is 17.8 Å². The average molecular weight is 863 g/mol. The number of carbonyl (C=O) groups excluding carboxylic acids is 5. The average Bonchev–Trinajstić information content (AvgIpc) is 3.74. The molecule has 4 amide bonds. The summed E-state index contributed by atoms with van der Waals surface area (Å²) in [7, 11) is 7.91. The van der Waals surface area contributed by atoms with Crippen LogP contribution in [0.1, 0.15) is 78.4 Å². The van der Waals surface area contributed by atoms with Crippen molar-refractivity contribution in [3.8, 4) is 0 Å². The Labute approximate surface area is 370 Å². The molecule has 62 heavy (non-hydrogen) atoms. The summed E-state index contributed by atoms with van der Waals surface area (Å²) in [5.41, 5.74) is 9.24. The Hall–Kier alpha value is -4.79. The van der Waals surface area contributed by atoms with Crippen molar-refractivity contribution in [2.24, 2.45) is 17.8 Å². The summed E-state index contributed by atoms with van der Waals surface area (Å²) >= 11 is 0. The van der Waals surface area contributed by atoms with Gasteiger partial charge >= 0.3 is 5.97 Å². The van der Waals surface area contributed by atoms with Gasteiger partial charge in [0.1, 0.15) is 12.1 Å². The Morgan fingerprint density at radius 1 is 0.855 bits per heavy atom. The van der Waals surface area contributed by atoms with Gasteiger partial charge in [0.25, 0.3) is 0 Å². The molecule has 1 aliphatic rings. The fourth-order valence-electron chi connectivity index (χ4n) is 8.63. The Morgan fingerprint density at radius 3 is 2.05 bits per heavy atom. The molecule has 2 aromatic rings. The number of nitrogen functional groups attached to an aromatic ring is 1. The van der Waals surface area contributed by atoms with Crippen molar-refractivity contribution in [1.82, 2.24) is 25.3 Å². The molecule has 0 aliphatic carbocycles. The van der Waals surface area contributed by atoms with Crippen LogP contribution >= 0.6 is 0 Å². The molecule has 8 atom stereocenters.